The van der Waals surface area contributed by atoms with Crippen molar-refractivity contribution >= 4 is 5.91 Å². The molecule has 19 heteroatoms. The molecule has 3 saturated heterocycles. The summed E-state index contributed by atoms with van der Waals surface area (Å²) in [5.41, 5.74) is 0. The number of carbonyl (C=O) groups excluding carboxylic acids is 1. The maximum atomic E-state index is 13.3. The molecule has 3 aliphatic heterocycles. The van der Waals surface area contributed by atoms with Gasteiger partial charge in [-0.25, -0.2) is 0 Å². The first kappa shape index (κ1) is 68.0. The molecule has 77 heavy (non-hydrogen) atoms. The molecule has 0 radical (unpaired) electrons. The van der Waals surface area contributed by atoms with Crippen molar-refractivity contribution in [2.45, 2.75) is 234 Å². The number of unbranched alkanes of at least 4 members (excludes halogenated alkanes) is 8. The molecule has 440 valence electrons. The Kier molecular flexibility index (Phi) is 36.0. The first-order valence-electron chi connectivity index (χ1n) is 28.0. The highest BCUT2D eigenvalue weighted by Crippen LogP contribution is 2.33. The van der Waals surface area contributed by atoms with E-state index in [-0.39, 0.29) is 12.3 Å². The smallest absolute Gasteiger partial charge is 0.220 e. The number of amides is 1. The number of rotatable bonds is 38. The fourth-order valence-corrected chi connectivity index (χ4v) is 8.74. The normalized spacial score (nSPS) is 31.5. The lowest BCUT2D eigenvalue weighted by Gasteiger charge is -2.48. The van der Waals surface area contributed by atoms with Crippen molar-refractivity contribution in [3.05, 3.63) is 97.2 Å². The molecule has 19 nitrogen and oxygen atoms in total. The number of aliphatic hydroxyl groups excluding tert-OH is 11. The van der Waals surface area contributed by atoms with Crippen molar-refractivity contribution in [3.63, 3.8) is 0 Å². The van der Waals surface area contributed by atoms with Crippen LogP contribution >= 0.6 is 0 Å². The number of ether oxygens (including phenoxy) is 6. The quantitative estimate of drug-likeness (QED) is 0.0309. The van der Waals surface area contributed by atoms with Gasteiger partial charge in [-0.2, -0.15) is 0 Å². The summed E-state index contributed by atoms with van der Waals surface area (Å²) in [4.78, 5) is 13.3. The third-order valence-electron chi connectivity index (χ3n) is 13.4. The van der Waals surface area contributed by atoms with Crippen molar-refractivity contribution in [3.8, 4) is 0 Å². The molecule has 0 spiro atoms. The molecule has 3 fully saturated rings. The van der Waals surface area contributed by atoms with Gasteiger partial charge >= 0.3 is 0 Å². The predicted molar refractivity (Wildman–Crippen MR) is 290 cm³/mol. The third kappa shape index (κ3) is 25.4. The van der Waals surface area contributed by atoms with E-state index in [9.17, 15) is 61.0 Å². The predicted octanol–water partition coefficient (Wildman–Crippen LogP) is 3.81. The van der Waals surface area contributed by atoms with Crippen molar-refractivity contribution < 1.29 is 89.4 Å². The minimum Gasteiger partial charge on any atom is -0.394 e. The number of hydrogen-bond donors (Lipinski definition) is 12. The Labute approximate surface area is 456 Å². The van der Waals surface area contributed by atoms with Gasteiger partial charge in [-0.05, 0) is 83.5 Å². The van der Waals surface area contributed by atoms with Crippen LogP contribution in [0.15, 0.2) is 97.2 Å². The third-order valence-corrected chi connectivity index (χ3v) is 13.4. The summed E-state index contributed by atoms with van der Waals surface area (Å²) in [7, 11) is 0. The number of hydrogen-bond acceptors (Lipinski definition) is 18. The highest BCUT2D eigenvalue weighted by atomic mass is 16.8. The molecule has 3 heterocycles. The van der Waals surface area contributed by atoms with Crippen LogP contribution in [0, 0.1) is 0 Å². The molecule has 0 aliphatic carbocycles. The summed E-state index contributed by atoms with van der Waals surface area (Å²) < 4.78 is 34.1. The fraction of sp³-hybridized carbons (Fsp3) is 0.707. The summed E-state index contributed by atoms with van der Waals surface area (Å²) in [6.45, 7) is 1.47. The molecule has 17 atom stereocenters. The maximum absolute atomic E-state index is 13.3. The van der Waals surface area contributed by atoms with Crippen molar-refractivity contribution in [1.82, 2.24) is 5.32 Å². The van der Waals surface area contributed by atoms with Gasteiger partial charge in [-0.3, -0.25) is 4.79 Å². The Morgan fingerprint density at radius 1 is 0.481 bits per heavy atom. The summed E-state index contributed by atoms with van der Waals surface area (Å²) in [6.07, 6.45) is 22.7. The summed E-state index contributed by atoms with van der Waals surface area (Å²) in [5, 5.41) is 120. The largest absolute Gasteiger partial charge is 0.394 e. The van der Waals surface area contributed by atoms with Crippen LogP contribution in [0.1, 0.15) is 129 Å². The second-order valence-corrected chi connectivity index (χ2v) is 19.7. The molecule has 0 bridgehead atoms. The summed E-state index contributed by atoms with van der Waals surface area (Å²) in [5.74, 6) is -0.335. The molecule has 17 unspecified atom stereocenters. The molecule has 0 aromatic heterocycles. The van der Waals surface area contributed by atoms with Crippen LogP contribution in [0.3, 0.4) is 0 Å². The van der Waals surface area contributed by atoms with E-state index >= 15 is 0 Å². The molecule has 3 rings (SSSR count). The Morgan fingerprint density at radius 3 is 1.44 bits per heavy atom. The van der Waals surface area contributed by atoms with Gasteiger partial charge in [0.15, 0.2) is 18.9 Å². The van der Waals surface area contributed by atoms with Crippen molar-refractivity contribution in [1.29, 1.82) is 0 Å². The lowest BCUT2D eigenvalue weighted by molar-refractivity contribution is -0.379. The highest BCUT2D eigenvalue weighted by molar-refractivity contribution is 5.76. The Morgan fingerprint density at radius 2 is 0.909 bits per heavy atom. The Hall–Kier alpha value is -3.29. The molecule has 0 aromatic rings. The lowest BCUT2D eigenvalue weighted by atomic mass is 9.96. The standard InChI is InChI=1S/C58H95NO18/c1-3-5-7-9-11-13-15-16-17-18-19-20-21-22-23-24-26-28-30-32-34-36-46(64)59-41(42(63)35-33-31-29-27-25-14-12-10-8-6-4-2)40-72-56-52(70)49(67)54(44(38-61)74-56)77-58-53(71)50(68)55(45(39-62)75-58)76-57-51(69)48(66)47(65)43(37-60)73-57/h5,7,11,13,16-17,19-20,22-23,25-28,33,35,41-45,47-58,60-63,65-71H,3-4,6,8-10,12,14-15,18,21,24,29-32,34,36-40H2,1-2H3,(H,59,64)/b7-5-,13-11-,17-16-,20-19-,23-22-,27-25+,28-26-,35-33+. The van der Waals surface area contributed by atoms with Gasteiger partial charge in [0.1, 0.15) is 73.2 Å². The van der Waals surface area contributed by atoms with Crippen LogP contribution in [0.2, 0.25) is 0 Å². The fourth-order valence-electron chi connectivity index (χ4n) is 8.74. The first-order valence-corrected chi connectivity index (χ1v) is 28.0. The number of aliphatic hydroxyl groups is 11. The molecule has 0 saturated carbocycles. The second kappa shape index (κ2) is 40.8. The van der Waals surface area contributed by atoms with E-state index < -0.39 is 131 Å². The van der Waals surface area contributed by atoms with E-state index in [4.69, 9.17) is 28.4 Å². The minimum atomic E-state index is -1.99. The topological polar surface area (TPSA) is 307 Å². The second-order valence-electron chi connectivity index (χ2n) is 19.7. The molecular formula is C58H95NO18. The van der Waals surface area contributed by atoms with Gasteiger partial charge in [0.2, 0.25) is 5.91 Å². The lowest BCUT2D eigenvalue weighted by Crippen LogP contribution is -2.66. The van der Waals surface area contributed by atoms with Crippen molar-refractivity contribution in [2.75, 3.05) is 26.4 Å². The van der Waals surface area contributed by atoms with Crippen LogP contribution in [0.25, 0.3) is 0 Å². The summed E-state index contributed by atoms with van der Waals surface area (Å²) >= 11 is 0. The Bertz CT molecular complexity index is 1780. The highest BCUT2D eigenvalue weighted by Gasteiger charge is 2.53. The van der Waals surface area contributed by atoms with Crippen molar-refractivity contribution in [2.24, 2.45) is 0 Å². The van der Waals surface area contributed by atoms with Gasteiger partial charge in [0, 0.05) is 6.42 Å². The minimum absolute atomic E-state index is 0.174. The van der Waals surface area contributed by atoms with Gasteiger partial charge < -0.3 is 89.9 Å². The summed E-state index contributed by atoms with van der Waals surface area (Å²) in [6, 6.07) is -1.02. The molecule has 1 amide bonds. The zero-order chi connectivity index (χ0) is 56.2. The molecule has 3 aliphatic rings. The zero-order valence-corrected chi connectivity index (χ0v) is 45.4. The number of nitrogens with one attached hydrogen (secondary N) is 1. The van der Waals surface area contributed by atoms with E-state index in [2.05, 4.69) is 104 Å². The average Bonchev–Trinajstić information content (AvgIpc) is 3.44. The van der Waals surface area contributed by atoms with E-state index in [1.807, 2.05) is 6.08 Å². The molecule has 12 N–H and O–H groups in total. The molecular weight excluding hydrogens is 999 g/mol. The molecule has 0 aromatic carbocycles. The zero-order valence-electron chi connectivity index (χ0n) is 45.4. The van der Waals surface area contributed by atoms with Crippen LogP contribution in [0.4, 0.5) is 0 Å². The monoisotopic (exact) mass is 1090 g/mol. The van der Waals surface area contributed by atoms with Gasteiger partial charge in [-0.15, -0.1) is 0 Å². The first-order chi connectivity index (χ1) is 37.3. The van der Waals surface area contributed by atoms with E-state index in [0.29, 0.717) is 12.8 Å². The van der Waals surface area contributed by atoms with Crippen LogP contribution in [-0.4, -0.2) is 193 Å². The number of allylic oxidation sites excluding steroid dienone is 15. The van der Waals surface area contributed by atoms with E-state index in [0.717, 1.165) is 70.6 Å². The van der Waals surface area contributed by atoms with E-state index in [1.165, 1.54) is 25.7 Å². The maximum Gasteiger partial charge on any atom is 0.220 e. The average molecular weight is 1090 g/mol. The number of carbonyl (C=O) groups is 1. The SMILES string of the molecule is CC/C=C\C/C=C\C/C=C\C/C=C\C/C=C\C/C=C\CCCCC(=O)NC(COC1OC(CO)C(OC2OC(CO)C(OC3OC(CO)C(O)C(O)C3O)C(O)C2O)C(O)C1O)C(O)/C=C/CC/C=C/CCCCCCC. The van der Waals surface area contributed by atoms with Gasteiger partial charge in [-0.1, -0.05) is 137 Å². The van der Waals surface area contributed by atoms with Gasteiger partial charge in [0.25, 0.3) is 0 Å². The van der Waals surface area contributed by atoms with Gasteiger partial charge in [0.05, 0.1) is 38.6 Å². The Balaban J connectivity index is 1.53. The van der Waals surface area contributed by atoms with Crippen LogP contribution < -0.4 is 5.32 Å². The van der Waals surface area contributed by atoms with E-state index in [1.54, 1.807) is 6.08 Å². The van der Waals surface area contributed by atoms with Crippen LogP contribution in [-0.2, 0) is 33.2 Å². The van der Waals surface area contributed by atoms with Crippen LogP contribution in [0.5, 0.6) is 0 Å².